The van der Waals surface area contributed by atoms with Crippen LogP contribution in [0.2, 0.25) is 0 Å². The highest BCUT2D eigenvalue weighted by Gasteiger charge is 2.31. The summed E-state index contributed by atoms with van der Waals surface area (Å²) in [6.45, 7) is 4.64. The Morgan fingerprint density at radius 2 is 1.77 bits per heavy atom. The first-order valence-electron chi connectivity index (χ1n) is 9.55. The summed E-state index contributed by atoms with van der Waals surface area (Å²) in [6, 6.07) is 13.3. The number of thiazole rings is 1. The summed E-state index contributed by atoms with van der Waals surface area (Å²) in [5, 5.41) is 2.02. The van der Waals surface area contributed by atoms with Crippen molar-refractivity contribution in [1.82, 2.24) is 9.88 Å². The molecule has 8 heteroatoms. The predicted molar refractivity (Wildman–Crippen MR) is 112 cm³/mol. The Morgan fingerprint density at radius 3 is 2.47 bits per heavy atom. The molecule has 156 valence electrons. The molecule has 4 rings (SSSR count). The maximum Gasteiger partial charge on any atom is 0.416 e. The van der Waals surface area contributed by atoms with Crippen LogP contribution >= 0.6 is 11.3 Å². The second-order valence-corrected chi connectivity index (χ2v) is 8.09. The first kappa shape index (κ1) is 20.4. The zero-order chi connectivity index (χ0) is 21.3. The van der Waals surface area contributed by atoms with Crippen LogP contribution in [0.25, 0.3) is 10.6 Å². The fraction of sp³-hybridized carbons (Fsp3) is 0.273. The molecule has 4 nitrogen and oxygen atoms in total. The molecule has 0 radical (unpaired) electrons. The van der Waals surface area contributed by atoms with E-state index in [-0.39, 0.29) is 11.6 Å². The number of nitrogens with zero attached hydrogens (tertiary/aromatic N) is 3. The standard InChI is InChI=1S/C22H20F3N3OS/c1-15-4-2-7-18(12-15)27-8-10-28(11-9-27)21(29)19-14-30-20(26-19)16-5-3-6-17(13-16)22(23,24)25/h2-7,12-14H,8-11H2,1H3. The summed E-state index contributed by atoms with van der Waals surface area (Å²) in [7, 11) is 0. The number of carbonyl (C=O) groups is 1. The lowest BCUT2D eigenvalue weighted by Crippen LogP contribution is -2.48. The van der Waals surface area contributed by atoms with Gasteiger partial charge in [-0.2, -0.15) is 13.2 Å². The van der Waals surface area contributed by atoms with Gasteiger partial charge in [-0.3, -0.25) is 4.79 Å². The second-order valence-electron chi connectivity index (χ2n) is 7.23. The van der Waals surface area contributed by atoms with Crippen molar-refractivity contribution in [1.29, 1.82) is 0 Å². The minimum absolute atomic E-state index is 0.187. The van der Waals surface area contributed by atoms with E-state index in [9.17, 15) is 18.0 Å². The first-order chi connectivity index (χ1) is 14.3. The van der Waals surface area contributed by atoms with Crippen LogP contribution in [-0.4, -0.2) is 42.0 Å². The average Bonchev–Trinajstić information content (AvgIpc) is 3.23. The third kappa shape index (κ3) is 4.33. The Balaban J connectivity index is 1.44. The topological polar surface area (TPSA) is 36.4 Å². The molecule has 3 aromatic rings. The van der Waals surface area contributed by atoms with Crippen LogP contribution in [-0.2, 0) is 6.18 Å². The van der Waals surface area contributed by atoms with Gasteiger partial charge in [0, 0.05) is 42.8 Å². The Bertz CT molecular complexity index is 1060. The van der Waals surface area contributed by atoms with E-state index in [0.717, 1.165) is 30.9 Å². The zero-order valence-corrected chi connectivity index (χ0v) is 17.1. The van der Waals surface area contributed by atoms with Gasteiger partial charge in [-0.1, -0.05) is 24.3 Å². The molecule has 30 heavy (non-hydrogen) atoms. The van der Waals surface area contributed by atoms with Crippen LogP contribution in [0.3, 0.4) is 0 Å². The van der Waals surface area contributed by atoms with E-state index in [0.29, 0.717) is 23.7 Å². The SMILES string of the molecule is Cc1cccc(N2CCN(C(=O)c3csc(-c4cccc(C(F)(F)F)c4)n3)CC2)c1. The third-order valence-corrected chi connectivity index (χ3v) is 5.99. The molecular formula is C22H20F3N3OS. The van der Waals surface area contributed by atoms with Gasteiger partial charge in [0.25, 0.3) is 5.91 Å². The molecular weight excluding hydrogens is 411 g/mol. The van der Waals surface area contributed by atoms with Gasteiger partial charge < -0.3 is 9.80 Å². The zero-order valence-electron chi connectivity index (χ0n) is 16.3. The van der Waals surface area contributed by atoms with Crippen LogP contribution in [0, 0.1) is 6.92 Å². The molecule has 2 aromatic carbocycles. The number of aryl methyl sites for hydroxylation is 1. The van der Waals surface area contributed by atoms with E-state index < -0.39 is 11.7 Å². The monoisotopic (exact) mass is 431 g/mol. The number of hydrogen-bond donors (Lipinski definition) is 0. The van der Waals surface area contributed by atoms with Crippen molar-refractivity contribution in [2.24, 2.45) is 0 Å². The number of anilines is 1. The quantitative estimate of drug-likeness (QED) is 0.579. The summed E-state index contributed by atoms with van der Waals surface area (Å²) in [5.74, 6) is -0.187. The number of amides is 1. The molecule has 0 N–H and O–H groups in total. The van der Waals surface area contributed by atoms with Crippen LogP contribution in [0.4, 0.5) is 18.9 Å². The van der Waals surface area contributed by atoms with Crippen molar-refractivity contribution >= 4 is 22.9 Å². The van der Waals surface area contributed by atoms with E-state index in [1.807, 2.05) is 19.1 Å². The number of benzene rings is 2. The molecule has 1 fully saturated rings. The molecule has 1 aliphatic heterocycles. The molecule has 0 spiro atoms. The summed E-state index contributed by atoms with van der Waals surface area (Å²) >= 11 is 1.18. The van der Waals surface area contributed by atoms with Gasteiger partial charge in [0.2, 0.25) is 0 Å². The average molecular weight is 431 g/mol. The molecule has 0 unspecified atom stereocenters. The molecule has 1 aromatic heterocycles. The van der Waals surface area contributed by atoms with Crippen molar-refractivity contribution in [2.75, 3.05) is 31.1 Å². The second kappa shape index (κ2) is 8.10. The summed E-state index contributed by atoms with van der Waals surface area (Å²) in [4.78, 5) is 21.1. The van der Waals surface area contributed by atoms with Crippen molar-refractivity contribution in [3.8, 4) is 10.6 Å². The fourth-order valence-corrected chi connectivity index (χ4v) is 4.28. The maximum absolute atomic E-state index is 13.0. The molecule has 0 saturated carbocycles. The van der Waals surface area contributed by atoms with Crippen molar-refractivity contribution in [3.05, 3.63) is 70.7 Å². The highest BCUT2D eigenvalue weighted by atomic mass is 32.1. The van der Waals surface area contributed by atoms with E-state index in [1.165, 1.54) is 23.0 Å². The minimum atomic E-state index is -4.41. The molecule has 1 amide bonds. The normalized spacial score (nSPS) is 14.8. The van der Waals surface area contributed by atoms with E-state index in [4.69, 9.17) is 0 Å². The smallest absolute Gasteiger partial charge is 0.368 e. The van der Waals surface area contributed by atoms with Crippen LogP contribution < -0.4 is 4.90 Å². The first-order valence-corrected chi connectivity index (χ1v) is 10.4. The number of piperazine rings is 1. The van der Waals surface area contributed by atoms with Crippen LogP contribution in [0.1, 0.15) is 21.6 Å². The Hall–Kier alpha value is -2.87. The highest BCUT2D eigenvalue weighted by Crippen LogP contribution is 2.33. The third-order valence-electron chi connectivity index (χ3n) is 5.09. The predicted octanol–water partition coefficient (Wildman–Crippen LogP) is 5.10. The number of halogens is 3. The minimum Gasteiger partial charge on any atom is -0.368 e. The summed E-state index contributed by atoms with van der Waals surface area (Å²) < 4.78 is 38.9. The number of alkyl halides is 3. The molecule has 0 atom stereocenters. The lowest BCUT2D eigenvalue weighted by Gasteiger charge is -2.36. The van der Waals surface area contributed by atoms with E-state index >= 15 is 0 Å². The van der Waals surface area contributed by atoms with Crippen LogP contribution in [0.5, 0.6) is 0 Å². The highest BCUT2D eigenvalue weighted by molar-refractivity contribution is 7.13. The van der Waals surface area contributed by atoms with Gasteiger partial charge in [0.15, 0.2) is 0 Å². The van der Waals surface area contributed by atoms with Crippen LogP contribution in [0.15, 0.2) is 53.9 Å². The molecule has 2 heterocycles. The number of aromatic nitrogens is 1. The van der Waals surface area contributed by atoms with E-state index in [1.54, 1.807) is 16.3 Å². The summed E-state index contributed by atoms with van der Waals surface area (Å²) in [6.07, 6.45) is -4.41. The molecule has 0 aliphatic carbocycles. The molecule has 1 saturated heterocycles. The van der Waals surface area contributed by atoms with Crippen molar-refractivity contribution in [3.63, 3.8) is 0 Å². The van der Waals surface area contributed by atoms with E-state index in [2.05, 4.69) is 22.0 Å². The molecule has 0 bridgehead atoms. The van der Waals surface area contributed by atoms with Crippen molar-refractivity contribution < 1.29 is 18.0 Å². The van der Waals surface area contributed by atoms with Gasteiger partial charge in [-0.05, 0) is 36.8 Å². The Morgan fingerprint density at radius 1 is 1.03 bits per heavy atom. The largest absolute Gasteiger partial charge is 0.416 e. The number of hydrogen-bond acceptors (Lipinski definition) is 4. The molecule has 1 aliphatic rings. The number of rotatable bonds is 3. The lowest BCUT2D eigenvalue weighted by atomic mass is 10.1. The van der Waals surface area contributed by atoms with Crippen molar-refractivity contribution in [2.45, 2.75) is 13.1 Å². The fourth-order valence-electron chi connectivity index (χ4n) is 3.49. The van der Waals surface area contributed by atoms with Gasteiger partial charge >= 0.3 is 6.18 Å². The lowest BCUT2D eigenvalue weighted by molar-refractivity contribution is -0.137. The van der Waals surface area contributed by atoms with Gasteiger partial charge in [-0.15, -0.1) is 11.3 Å². The van der Waals surface area contributed by atoms with Gasteiger partial charge in [0.05, 0.1) is 5.56 Å². The Kier molecular flexibility index (Phi) is 5.51. The number of carbonyl (C=O) groups excluding carboxylic acids is 1. The Labute approximate surface area is 176 Å². The van der Waals surface area contributed by atoms with Gasteiger partial charge in [0.1, 0.15) is 10.7 Å². The van der Waals surface area contributed by atoms with Gasteiger partial charge in [-0.25, -0.2) is 4.98 Å². The summed E-state index contributed by atoms with van der Waals surface area (Å²) in [5.41, 5.74) is 2.24. The maximum atomic E-state index is 13.0.